The lowest BCUT2D eigenvalue weighted by atomic mass is 9.97. The number of aryl methyl sites for hydroxylation is 1. The van der Waals surface area contributed by atoms with E-state index in [0.29, 0.717) is 24.5 Å². The van der Waals surface area contributed by atoms with Gasteiger partial charge in [0.15, 0.2) is 11.6 Å². The molecule has 150 valence electrons. The predicted molar refractivity (Wildman–Crippen MR) is 111 cm³/mol. The van der Waals surface area contributed by atoms with E-state index in [1.165, 1.54) is 12.8 Å². The number of H-pyrrole nitrogens is 2. The number of nitrogens with zero attached hydrogens (tertiary/aromatic N) is 5. The van der Waals surface area contributed by atoms with Crippen molar-refractivity contribution in [2.24, 2.45) is 0 Å². The number of nitrogens with one attached hydrogen (secondary N) is 4. The molecule has 0 aliphatic carbocycles. The first kappa shape index (κ1) is 17.9. The van der Waals surface area contributed by atoms with E-state index < -0.39 is 0 Å². The highest BCUT2D eigenvalue weighted by Gasteiger charge is 2.40. The fourth-order valence-corrected chi connectivity index (χ4v) is 4.85. The van der Waals surface area contributed by atoms with Gasteiger partial charge in [-0.15, -0.1) is 0 Å². The second-order valence-corrected chi connectivity index (χ2v) is 8.06. The van der Waals surface area contributed by atoms with Crippen LogP contribution in [-0.4, -0.2) is 54.7 Å². The standard InChI is InChI=1S/C20H25N9/c1-12-7-18(28-27-12)25-17-10-16-19(23-11-22-16)20(26-17)24-13-8-14-3-4-15(9-13)29(14)6-2-5-21/h7,10-11,13-15H,2-4,6,8-9H2,1H3,(H,22,23)(H3,24,25,26,27,28)/t13?,14-,15+. The first-order chi connectivity index (χ1) is 14.2. The molecule has 9 heteroatoms. The van der Waals surface area contributed by atoms with E-state index in [-0.39, 0.29) is 0 Å². The molecule has 2 aliphatic heterocycles. The minimum Gasteiger partial charge on any atom is -0.365 e. The molecular formula is C20H25N9. The molecule has 2 saturated heterocycles. The number of fused-ring (bicyclic) bond motifs is 3. The van der Waals surface area contributed by atoms with Crippen molar-refractivity contribution in [2.75, 3.05) is 17.2 Å². The Morgan fingerprint density at radius 1 is 1.24 bits per heavy atom. The topological polar surface area (TPSA) is 121 Å². The molecule has 3 aromatic rings. The number of imidazole rings is 1. The number of pyridine rings is 1. The Morgan fingerprint density at radius 3 is 2.79 bits per heavy atom. The van der Waals surface area contributed by atoms with Crippen LogP contribution in [0.2, 0.25) is 0 Å². The number of hydrogen-bond acceptors (Lipinski definition) is 7. The van der Waals surface area contributed by atoms with Crippen molar-refractivity contribution < 1.29 is 0 Å². The smallest absolute Gasteiger partial charge is 0.156 e. The zero-order valence-electron chi connectivity index (χ0n) is 16.4. The maximum Gasteiger partial charge on any atom is 0.156 e. The maximum absolute atomic E-state index is 8.93. The van der Waals surface area contributed by atoms with Crippen molar-refractivity contribution in [1.82, 2.24) is 30.0 Å². The minimum atomic E-state index is 0.362. The Labute approximate surface area is 168 Å². The highest BCUT2D eigenvalue weighted by molar-refractivity contribution is 5.88. The first-order valence-electron chi connectivity index (χ1n) is 10.2. The van der Waals surface area contributed by atoms with E-state index in [1.54, 1.807) is 6.33 Å². The third-order valence-electron chi connectivity index (χ3n) is 6.08. The summed E-state index contributed by atoms with van der Waals surface area (Å²) in [6, 6.07) is 7.66. The molecule has 0 saturated carbocycles. The molecule has 1 unspecified atom stereocenters. The molecule has 5 heterocycles. The average molecular weight is 391 g/mol. The molecule has 0 radical (unpaired) electrons. The quantitative estimate of drug-likeness (QED) is 0.509. The number of aromatic amines is 2. The number of nitriles is 1. The number of rotatable bonds is 6. The van der Waals surface area contributed by atoms with Crippen LogP contribution in [0.4, 0.5) is 17.5 Å². The predicted octanol–water partition coefficient (Wildman–Crippen LogP) is 3.05. The van der Waals surface area contributed by atoms with Crippen molar-refractivity contribution in [3.8, 4) is 6.07 Å². The fourth-order valence-electron chi connectivity index (χ4n) is 4.85. The van der Waals surface area contributed by atoms with Gasteiger partial charge in [0.05, 0.1) is 17.9 Å². The first-order valence-corrected chi connectivity index (χ1v) is 10.2. The summed E-state index contributed by atoms with van der Waals surface area (Å²) in [6.07, 6.45) is 6.91. The number of piperidine rings is 1. The summed E-state index contributed by atoms with van der Waals surface area (Å²) in [7, 11) is 0. The lowest BCUT2D eigenvalue weighted by Crippen LogP contribution is -2.47. The Kier molecular flexibility index (Phi) is 4.56. The van der Waals surface area contributed by atoms with Crippen molar-refractivity contribution >= 4 is 28.5 Å². The van der Waals surface area contributed by atoms with Crippen molar-refractivity contribution in [2.45, 2.75) is 57.2 Å². The van der Waals surface area contributed by atoms with Gasteiger partial charge in [-0.25, -0.2) is 9.97 Å². The molecule has 2 fully saturated rings. The molecular weight excluding hydrogens is 366 g/mol. The fraction of sp³-hybridized carbons (Fsp3) is 0.500. The van der Waals surface area contributed by atoms with Crippen LogP contribution < -0.4 is 10.6 Å². The van der Waals surface area contributed by atoms with E-state index in [2.05, 4.69) is 41.8 Å². The van der Waals surface area contributed by atoms with Crippen LogP contribution >= 0.6 is 0 Å². The lowest BCUT2D eigenvalue weighted by molar-refractivity contribution is 0.136. The summed E-state index contributed by atoms with van der Waals surface area (Å²) in [4.78, 5) is 15.0. The Morgan fingerprint density at radius 2 is 2.07 bits per heavy atom. The molecule has 0 aromatic carbocycles. The van der Waals surface area contributed by atoms with Crippen molar-refractivity contribution in [3.63, 3.8) is 0 Å². The summed E-state index contributed by atoms with van der Waals surface area (Å²) >= 11 is 0. The Balaban J connectivity index is 1.35. The monoisotopic (exact) mass is 391 g/mol. The molecule has 5 rings (SSSR count). The number of hydrogen-bond donors (Lipinski definition) is 4. The molecule has 0 spiro atoms. The summed E-state index contributed by atoms with van der Waals surface area (Å²) in [5.41, 5.74) is 2.78. The molecule has 2 aliphatic rings. The summed E-state index contributed by atoms with van der Waals surface area (Å²) in [5.74, 6) is 2.27. The van der Waals surface area contributed by atoms with Crippen LogP contribution in [0.25, 0.3) is 11.0 Å². The highest BCUT2D eigenvalue weighted by Crippen LogP contribution is 2.37. The zero-order chi connectivity index (χ0) is 19.8. The van der Waals surface area contributed by atoms with Crippen LogP contribution in [0.3, 0.4) is 0 Å². The molecule has 0 amide bonds. The SMILES string of the molecule is Cc1cc(Nc2cc3[nH]cnc3c(NC3C[C@H]4CC[C@@H](C3)N4CCC#N)n2)n[nH]1. The van der Waals surface area contributed by atoms with Crippen LogP contribution in [-0.2, 0) is 0 Å². The van der Waals surface area contributed by atoms with Crippen LogP contribution in [0, 0.1) is 18.3 Å². The van der Waals surface area contributed by atoms with Gasteiger partial charge < -0.3 is 15.6 Å². The van der Waals surface area contributed by atoms with Gasteiger partial charge in [-0.1, -0.05) is 0 Å². The normalized spacial score (nSPS) is 23.9. The highest BCUT2D eigenvalue weighted by atomic mass is 15.2. The summed E-state index contributed by atoms with van der Waals surface area (Å²) < 4.78 is 0. The minimum absolute atomic E-state index is 0.362. The van der Waals surface area contributed by atoms with Crippen LogP contribution in [0.1, 0.15) is 37.8 Å². The van der Waals surface area contributed by atoms with Gasteiger partial charge in [-0.05, 0) is 32.6 Å². The van der Waals surface area contributed by atoms with E-state index in [4.69, 9.17) is 10.2 Å². The second kappa shape index (κ2) is 7.37. The van der Waals surface area contributed by atoms with Gasteiger partial charge in [0.25, 0.3) is 0 Å². The third-order valence-corrected chi connectivity index (χ3v) is 6.08. The summed E-state index contributed by atoms with van der Waals surface area (Å²) in [6.45, 7) is 2.86. The van der Waals surface area contributed by atoms with Gasteiger partial charge in [0.2, 0.25) is 0 Å². The van der Waals surface area contributed by atoms with E-state index >= 15 is 0 Å². The average Bonchev–Trinajstić information content (AvgIpc) is 3.39. The molecule has 9 nitrogen and oxygen atoms in total. The Bertz CT molecular complexity index is 1030. The molecule has 4 N–H and O–H groups in total. The molecule has 29 heavy (non-hydrogen) atoms. The van der Waals surface area contributed by atoms with E-state index in [0.717, 1.165) is 53.6 Å². The maximum atomic E-state index is 8.93. The lowest BCUT2D eigenvalue weighted by Gasteiger charge is -2.39. The van der Waals surface area contributed by atoms with Crippen LogP contribution in [0.15, 0.2) is 18.5 Å². The van der Waals surface area contributed by atoms with Gasteiger partial charge in [0.1, 0.15) is 11.3 Å². The van der Waals surface area contributed by atoms with E-state index in [9.17, 15) is 0 Å². The van der Waals surface area contributed by atoms with Crippen LogP contribution in [0.5, 0.6) is 0 Å². The molecule has 2 bridgehead atoms. The number of anilines is 3. The number of aromatic nitrogens is 5. The molecule has 3 aromatic heterocycles. The third kappa shape index (κ3) is 3.51. The largest absolute Gasteiger partial charge is 0.365 e. The zero-order valence-corrected chi connectivity index (χ0v) is 16.4. The van der Waals surface area contributed by atoms with Gasteiger partial charge in [-0.2, -0.15) is 10.4 Å². The second-order valence-electron chi connectivity index (χ2n) is 8.06. The molecule has 3 atom stereocenters. The van der Waals surface area contributed by atoms with Crippen molar-refractivity contribution in [3.05, 3.63) is 24.2 Å². The van der Waals surface area contributed by atoms with Crippen molar-refractivity contribution in [1.29, 1.82) is 5.26 Å². The van der Waals surface area contributed by atoms with Gasteiger partial charge >= 0.3 is 0 Å². The Hall–Kier alpha value is -3.12. The van der Waals surface area contributed by atoms with E-state index in [1.807, 2.05) is 19.1 Å². The van der Waals surface area contributed by atoms with Gasteiger partial charge in [0, 0.05) is 48.9 Å². The van der Waals surface area contributed by atoms with Gasteiger partial charge in [-0.3, -0.25) is 10.00 Å². The summed E-state index contributed by atoms with van der Waals surface area (Å²) in [5, 5.41) is 23.0.